The molecule has 3 atom stereocenters. The van der Waals surface area contributed by atoms with Crippen molar-refractivity contribution in [1.82, 2.24) is 10.6 Å². The van der Waals surface area contributed by atoms with E-state index in [4.69, 9.17) is 9.84 Å². The molecule has 0 aromatic carbocycles. The molecule has 1 amide bonds. The number of rotatable bonds is 6. The van der Waals surface area contributed by atoms with E-state index in [1.165, 1.54) is 12.8 Å². The Bertz CT molecular complexity index is 315. The summed E-state index contributed by atoms with van der Waals surface area (Å²) in [7, 11) is 0. The highest BCUT2D eigenvalue weighted by Gasteiger charge is 2.27. The highest BCUT2D eigenvalue weighted by molar-refractivity contribution is 5.67. The van der Waals surface area contributed by atoms with Crippen molar-refractivity contribution in [3.63, 3.8) is 0 Å². The number of aliphatic hydroxyl groups is 1. The van der Waals surface area contributed by atoms with Gasteiger partial charge < -0.3 is 20.5 Å². The SMILES string of the molecule is CC(CCO)NC1CCCCC1CNC(=O)OC(C)(C)C. The summed E-state index contributed by atoms with van der Waals surface area (Å²) in [6, 6.07) is 0.720. The molecule has 5 heteroatoms. The van der Waals surface area contributed by atoms with Gasteiger partial charge >= 0.3 is 6.09 Å². The Labute approximate surface area is 128 Å². The van der Waals surface area contributed by atoms with Crippen LogP contribution in [0.25, 0.3) is 0 Å². The first-order chi connectivity index (χ1) is 9.81. The molecule has 0 aliphatic heterocycles. The van der Waals surface area contributed by atoms with Crippen molar-refractivity contribution in [2.45, 2.75) is 77.5 Å². The quantitative estimate of drug-likeness (QED) is 0.704. The topological polar surface area (TPSA) is 70.6 Å². The Balaban J connectivity index is 2.41. The van der Waals surface area contributed by atoms with E-state index in [1.807, 2.05) is 20.8 Å². The Kier molecular flexibility index (Phi) is 7.46. The van der Waals surface area contributed by atoms with Gasteiger partial charge in [-0.15, -0.1) is 0 Å². The molecule has 0 aromatic heterocycles. The number of aliphatic hydroxyl groups excluding tert-OH is 1. The number of carbonyl (C=O) groups is 1. The van der Waals surface area contributed by atoms with Crippen LogP contribution in [0.15, 0.2) is 0 Å². The number of carbonyl (C=O) groups excluding carboxylic acids is 1. The Morgan fingerprint density at radius 1 is 1.33 bits per heavy atom. The van der Waals surface area contributed by atoms with Crippen LogP contribution in [-0.2, 0) is 4.74 Å². The summed E-state index contributed by atoms with van der Waals surface area (Å²) in [6.45, 7) is 8.57. The van der Waals surface area contributed by atoms with Crippen molar-refractivity contribution in [2.75, 3.05) is 13.2 Å². The van der Waals surface area contributed by atoms with E-state index in [0.717, 1.165) is 19.3 Å². The number of nitrogens with one attached hydrogen (secondary N) is 2. The number of hydrogen-bond donors (Lipinski definition) is 3. The summed E-state index contributed by atoms with van der Waals surface area (Å²) in [5, 5.41) is 15.5. The fraction of sp³-hybridized carbons (Fsp3) is 0.938. The Morgan fingerprint density at radius 2 is 2.00 bits per heavy atom. The minimum atomic E-state index is -0.454. The smallest absolute Gasteiger partial charge is 0.407 e. The first kappa shape index (κ1) is 18.2. The molecule has 1 rings (SSSR count). The molecule has 0 radical (unpaired) electrons. The van der Waals surface area contributed by atoms with Crippen LogP contribution in [0.4, 0.5) is 4.79 Å². The largest absolute Gasteiger partial charge is 0.444 e. The lowest BCUT2D eigenvalue weighted by Gasteiger charge is -2.34. The average molecular weight is 300 g/mol. The van der Waals surface area contributed by atoms with Crippen LogP contribution in [0.1, 0.15) is 59.8 Å². The van der Waals surface area contributed by atoms with Gasteiger partial charge in [-0.05, 0) is 52.9 Å². The first-order valence-corrected chi connectivity index (χ1v) is 8.15. The molecule has 1 aliphatic rings. The molecule has 0 saturated heterocycles. The van der Waals surface area contributed by atoms with Gasteiger partial charge in [0.1, 0.15) is 5.60 Å². The van der Waals surface area contributed by atoms with E-state index < -0.39 is 5.60 Å². The van der Waals surface area contributed by atoms with Crippen LogP contribution in [-0.4, -0.2) is 42.0 Å². The second-order valence-corrected chi connectivity index (χ2v) is 7.11. The first-order valence-electron chi connectivity index (χ1n) is 8.15. The fourth-order valence-corrected chi connectivity index (χ4v) is 2.84. The van der Waals surface area contributed by atoms with Crippen LogP contribution in [0.2, 0.25) is 0 Å². The van der Waals surface area contributed by atoms with Gasteiger partial charge in [0, 0.05) is 25.2 Å². The third kappa shape index (κ3) is 7.67. The molecule has 0 aromatic rings. The molecular formula is C16H32N2O3. The normalized spacial score (nSPS) is 24.4. The van der Waals surface area contributed by atoms with Gasteiger partial charge in [0.25, 0.3) is 0 Å². The molecule has 1 fully saturated rings. The maximum Gasteiger partial charge on any atom is 0.407 e. The van der Waals surface area contributed by atoms with Gasteiger partial charge in [0.15, 0.2) is 0 Å². The Hall–Kier alpha value is -0.810. The standard InChI is InChI=1S/C16H32N2O3/c1-12(9-10-19)18-14-8-6-5-7-13(14)11-17-15(20)21-16(2,3)4/h12-14,18-19H,5-11H2,1-4H3,(H,17,20). The van der Waals surface area contributed by atoms with E-state index in [1.54, 1.807) is 0 Å². The van der Waals surface area contributed by atoms with Gasteiger partial charge in [-0.3, -0.25) is 0 Å². The molecule has 0 heterocycles. The van der Waals surface area contributed by atoms with Gasteiger partial charge in [0.05, 0.1) is 0 Å². The van der Waals surface area contributed by atoms with Crippen molar-refractivity contribution in [3.8, 4) is 0 Å². The zero-order chi connectivity index (χ0) is 15.9. The maximum atomic E-state index is 11.7. The minimum absolute atomic E-state index is 0.210. The van der Waals surface area contributed by atoms with Crippen LogP contribution in [0, 0.1) is 5.92 Å². The van der Waals surface area contributed by atoms with E-state index in [9.17, 15) is 4.79 Å². The third-order valence-electron chi connectivity index (χ3n) is 3.88. The molecule has 0 spiro atoms. The lowest BCUT2D eigenvalue weighted by molar-refractivity contribution is 0.0510. The van der Waals surface area contributed by atoms with E-state index in [-0.39, 0.29) is 12.7 Å². The van der Waals surface area contributed by atoms with Crippen molar-refractivity contribution in [1.29, 1.82) is 0 Å². The number of alkyl carbamates (subject to hydrolysis) is 1. The number of ether oxygens (including phenoxy) is 1. The fourth-order valence-electron chi connectivity index (χ4n) is 2.84. The molecule has 1 aliphatic carbocycles. The molecule has 1 saturated carbocycles. The van der Waals surface area contributed by atoms with Crippen molar-refractivity contribution >= 4 is 6.09 Å². The average Bonchev–Trinajstić information content (AvgIpc) is 2.36. The zero-order valence-electron chi connectivity index (χ0n) is 13.9. The van der Waals surface area contributed by atoms with Crippen LogP contribution < -0.4 is 10.6 Å². The van der Waals surface area contributed by atoms with Gasteiger partial charge in [-0.1, -0.05) is 12.8 Å². The molecular weight excluding hydrogens is 268 g/mol. The minimum Gasteiger partial charge on any atom is -0.444 e. The lowest BCUT2D eigenvalue weighted by atomic mass is 9.84. The molecule has 5 nitrogen and oxygen atoms in total. The predicted molar refractivity (Wildman–Crippen MR) is 84.3 cm³/mol. The summed E-state index contributed by atoms with van der Waals surface area (Å²) in [4.78, 5) is 11.7. The summed E-state index contributed by atoms with van der Waals surface area (Å²) >= 11 is 0. The summed E-state index contributed by atoms with van der Waals surface area (Å²) in [5.74, 6) is 0.437. The Morgan fingerprint density at radius 3 is 2.62 bits per heavy atom. The predicted octanol–water partition coefficient (Wildman–Crippen LogP) is 2.43. The molecule has 0 bridgehead atoms. The van der Waals surface area contributed by atoms with Gasteiger partial charge in [-0.25, -0.2) is 4.79 Å². The third-order valence-corrected chi connectivity index (χ3v) is 3.88. The van der Waals surface area contributed by atoms with Crippen LogP contribution >= 0.6 is 0 Å². The molecule has 124 valence electrons. The van der Waals surface area contributed by atoms with Crippen molar-refractivity contribution < 1.29 is 14.6 Å². The van der Waals surface area contributed by atoms with Crippen LogP contribution in [0.5, 0.6) is 0 Å². The van der Waals surface area contributed by atoms with Crippen molar-refractivity contribution in [2.24, 2.45) is 5.92 Å². The summed E-state index contributed by atoms with van der Waals surface area (Å²) in [6.07, 6.45) is 5.13. The summed E-state index contributed by atoms with van der Waals surface area (Å²) in [5.41, 5.74) is -0.454. The van der Waals surface area contributed by atoms with E-state index in [0.29, 0.717) is 24.5 Å². The lowest BCUT2D eigenvalue weighted by Crippen LogP contribution is -2.47. The van der Waals surface area contributed by atoms with Crippen LogP contribution in [0.3, 0.4) is 0 Å². The molecule has 21 heavy (non-hydrogen) atoms. The highest BCUT2D eigenvalue weighted by atomic mass is 16.6. The van der Waals surface area contributed by atoms with E-state index in [2.05, 4.69) is 17.6 Å². The van der Waals surface area contributed by atoms with E-state index >= 15 is 0 Å². The molecule has 3 N–H and O–H groups in total. The highest BCUT2D eigenvalue weighted by Crippen LogP contribution is 2.24. The maximum absolute atomic E-state index is 11.7. The second-order valence-electron chi connectivity index (χ2n) is 7.11. The van der Waals surface area contributed by atoms with Gasteiger partial charge in [0.2, 0.25) is 0 Å². The number of amides is 1. The number of hydrogen-bond acceptors (Lipinski definition) is 4. The summed E-state index contributed by atoms with van der Waals surface area (Å²) < 4.78 is 5.28. The monoisotopic (exact) mass is 300 g/mol. The van der Waals surface area contributed by atoms with Gasteiger partial charge in [-0.2, -0.15) is 0 Å². The molecule has 3 unspecified atom stereocenters. The zero-order valence-corrected chi connectivity index (χ0v) is 13.9. The second kappa shape index (κ2) is 8.59. The van der Waals surface area contributed by atoms with Crippen molar-refractivity contribution in [3.05, 3.63) is 0 Å².